The summed E-state index contributed by atoms with van der Waals surface area (Å²) in [7, 11) is -3.63. The van der Waals surface area contributed by atoms with Crippen LogP contribution in [0.4, 0.5) is 0 Å². The Bertz CT molecular complexity index is 1100. The van der Waals surface area contributed by atoms with E-state index in [1.54, 1.807) is 31.2 Å². The van der Waals surface area contributed by atoms with Gasteiger partial charge in [0.25, 0.3) is 5.91 Å². The van der Waals surface area contributed by atoms with E-state index < -0.39 is 22.6 Å². The maximum Gasteiger partial charge on any atom is 0.331 e. The molecule has 2 aromatic rings. The number of carbonyl (C=O) groups excluding carboxylic acids is 2. The Morgan fingerprint density at radius 3 is 2.45 bits per heavy atom. The van der Waals surface area contributed by atoms with Crippen molar-refractivity contribution in [2.45, 2.75) is 18.7 Å². The van der Waals surface area contributed by atoms with E-state index in [-0.39, 0.29) is 37.0 Å². The molecule has 166 valence electrons. The van der Waals surface area contributed by atoms with Gasteiger partial charge in [-0.05, 0) is 59.6 Å². The van der Waals surface area contributed by atoms with E-state index in [2.05, 4.69) is 15.9 Å². The third-order valence-electron chi connectivity index (χ3n) is 4.86. The molecule has 0 aliphatic carbocycles. The van der Waals surface area contributed by atoms with Crippen LogP contribution in [0.25, 0.3) is 6.08 Å². The number of rotatable bonds is 6. The van der Waals surface area contributed by atoms with Crippen LogP contribution < -0.4 is 0 Å². The lowest BCUT2D eigenvalue weighted by molar-refractivity contribution is -0.148. The first-order chi connectivity index (χ1) is 14.7. The van der Waals surface area contributed by atoms with Crippen molar-refractivity contribution in [3.8, 4) is 0 Å². The lowest BCUT2D eigenvalue weighted by atomic mass is 10.2. The first-order valence-electron chi connectivity index (χ1n) is 9.62. The average Bonchev–Trinajstić information content (AvgIpc) is 3.15. The second kappa shape index (κ2) is 9.80. The molecule has 0 N–H and O–H groups in total. The zero-order chi connectivity index (χ0) is 22.6. The largest absolute Gasteiger partial charge is 0.452 e. The molecule has 0 saturated carbocycles. The van der Waals surface area contributed by atoms with Crippen LogP contribution in [0.2, 0.25) is 0 Å². The Hall–Kier alpha value is -2.43. The number of aryl methyl sites for hydroxylation is 2. The fraction of sp³-hybridized carbons (Fsp3) is 0.333. The molecule has 0 unspecified atom stereocenters. The van der Waals surface area contributed by atoms with Gasteiger partial charge in [0, 0.05) is 32.3 Å². The number of nitrogens with zero attached hydrogens (tertiary/aromatic N) is 2. The topological polar surface area (TPSA) is 97.1 Å². The normalized spacial score (nSPS) is 15.4. The molecular weight excluding hydrogens is 488 g/mol. The summed E-state index contributed by atoms with van der Waals surface area (Å²) >= 11 is 3.16. The number of esters is 1. The molecule has 1 fully saturated rings. The van der Waals surface area contributed by atoms with Gasteiger partial charge in [0.1, 0.15) is 5.76 Å². The summed E-state index contributed by atoms with van der Waals surface area (Å²) in [6.45, 7) is 4.10. The molecule has 1 aliphatic rings. The Morgan fingerprint density at radius 2 is 1.84 bits per heavy atom. The van der Waals surface area contributed by atoms with E-state index in [9.17, 15) is 18.0 Å². The Morgan fingerprint density at radius 1 is 1.13 bits per heavy atom. The minimum atomic E-state index is -3.63. The zero-order valence-electron chi connectivity index (χ0n) is 17.2. The van der Waals surface area contributed by atoms with Crippen molar-refractivity contribution in [3.63, 3.8) is 0 Å². The van der Waals surface area contributed by atoms with Crippen molar-refractivity contribution in [2.75, 3.05) is 32.8 Å². The van der Waals surface area contributed by atoms with Crippen molar-refractivity contribution in [1.29, 1.82) is 0 Å². The van der Waals surface area contributed by atoms with Crippen LogP contribution in [0, 0.1) is 13.8 Å². The first-order valence-corrected chi connectivity index (χ1v) is 11.9. The van der Waals surface area contributed by atoms with Gasteiger partial charge in [0.15, 0.2) is 11.3 Å². The van der Waals surface area contributed by atoms with E-state index in [0.29, 0.717) is 16.0 Å². The molecule has 31 heavy (non-hydrogen) atoms. The molecule has 0 spiro atoms. The molecule has 3 rings (SSSR count). The smallest absolute Gasteiger partial charge is 0.331 e. The van der Waals surface area contributed by atoms with Crippen molar-refractivity contribution in [1.82, 2.24) is 9.21 Å². The number of amides is 1. The predicted octanol–water partition coefficient (Wildman–Crippen LogP) is 2.75. The Kier molecular flexibility index (Phi) is 7.34. The van der Waals surface area contributed by atoms with Crippen LogP contribution >= 0.6 is 15.9 Å². The number of benzene rings is 1. The SMILES string of the molecule is Cc1ccc(S(=O)(=O)N2CCN(C(=O)COC(=O)C=Cc3ccc(Br)o3)CC2)c(C)c1. The van der Waals surface area contributed by atoms with E-state index in [1.165, 1.54) is 21.4 Å². The highest BCUT2D eigenvalue weighted by molar-refractivity contribution is 9.10. The number of piperazine rings is 1. The second-order valence-corrected chi connectivity index (χ2v) is 9.82. The number of ether oxygens (including phenoxy) is 1. The summed E-state index contributed by atoms with van der Waals surface area (Å²) in [5, 5.41) is 0. The molecule has 2 heterocycles. The van der Waals surface area contributed by atoms with Crippen molar-refractivity contribution < 1.29 is 27.2 Å². The van der Waals surface area contributed by atoms with E-state index in [0.717, 1.165) is 5.56 Å². The summed E-state index contributed by atoms with van der Waals surface area (Å²) in [5.41, 5.74) is 1.69. The molecule has 1 aliphatic heterocycles. The monoisotopic (exact) mass is 510 g/mol. The van der Waals surface area contributed by atoms with E-state index in [4.69, 9.17) is 9.15 Å². The van der Waals surface area contributed by atoms with Gasteiger partial charge < -0.3 is 14.1 Å². The highest BCUT2D eigenvalue weighted by atomic mass is 79.9. The number of hydrogen-bond acceptors (Lipinski definition) is 6. The number of carbonyl (C=O) groups is 2. The second-order valence-electron chi connectivity index (χ2n) is 7.14. The molecule has 0 radical (unpaired) electrons. The third-order valence-corrected chi connectivity index (χ3v) is 7.34. The standard InChI is InChI=1S/C21H23BrN2O6S/c1-15-3-6-18(16(2)13-15)31(27,28)24-11-9-23(10-12-24)20(25)14-29-21(26)8-5-17-4-7-19(22)30-17/h3-8,13H,9-12,14H2,1-2H3. The average molecular weight is 511 g/mol. The van der Waals surface area contributed by atoms with Crippen LogP contribution in [-0.2, 0) is 24.3 Å². The summed E-state index contributed by atoms with van der Waals surface area (Å²) < 4.78 is 38.0. The molecule has 1 saturated heterocycles. The van der Waals surface area contributed by atoms with Gasteiger partial charge in [-0.2, -0.15) is 4.31 Å². The molecule has 1 aromatic carbocycles. The Labute approximate surface area is 189 Å². The predicted molar refractivity (Wildman–Crippen MR) is 118 cm³/mol. The number of furan rings is 1. The fourth-order valence-corrected chi connectivity index (χ4v) is 5.19. The summed E-state index contributed by atoms with van der Waals surface area (Å²) in [4.78, 5) is 25.9. The first kappa shape index (κ1) is 23.2. The highest BCUT2D eigenvalue weighted by Gasteiger charge is 2.31. The fourth-order valence-electron chi connectivity index (χ4n) is 3.25. The lowest BCUT2D eigenvalue weighted by Gasteiger charge is -2.34. The molecule has 0 bridgehead atoms. The lowest BCUT2D eigenvalue weighted by Crippen LogP contribution is -2.51. The van der Waals surface area contributed by atoms with Gasteiger partial charge in [0.2, 0.25) is 10.0 Å². The van der Waals surface area contributed by atoms with Gasteiger partial charge in [-0.15, -0.1) is 0 Å². The van der Waals surface area contributed by atoms with Gasteiger partial charge in [-0.25, -0.2) is 13.2 Å². The van der Waals surface area contributed by atoms with Gasteiger partial charge in [0.05, 0.1) is 4.90 Å². The zero-order valence-corrected chi connectivity index (χ0v) is 19.6. The molecule has 1 aromatic heterocycles. The summed E-state index contributed by atoms with van der Waals surface area (Å²) in [5.74, 6) is -0.570. The quantitative estimate of drug-likeness (QED) is 0.437. The maximum absolute atomic E-state index is 12.9. The minimum absolute atomic E-state index is 0.183. The molecule has 8 nitrogen and oxygen atoms in total. The Balaban J connectivity index is 1.50. The number of sulfonamides is 1. The molecule has 0 atom stereocenters. The van der Waals surface area contributed by atoms with Crippen LogP contribution in [-0.4, -0.2) is 62.3 Å². The minimum Gasteiger partial charge on any atom is -0.452 e. The van der Waals surface area contributed by atoms with Crippen LogP contribution in [0.15, 0.2) is 50.4 Å². The van der Waals surface area contributed by atoms with Crippen LogP contribution in [0.5, 0.6) is 0 Å². The van der Waals surface area contributed by atoms with Gasteiger partial charge in [-0.3, -0.25) is 4.79 Å². The maximum atomic E-state index is 12.9. The molecule has 1 amide bonds. The van der Waals surface area contributed by atoms with Gasteiger partial charge in [-0.1, -0.05) is 17.7 Å². The molecular formula is C21H23BrN2O6S. The van der Waals surface area contributed by atoms with Crippen molar-refractivity contribution in [3.05, 3.63) is 58.0 Å². The molecule has 10 heteroatoms. The number of halogens is 1. The third kappa shape index (κ3) is 5.84. The van der Waals surface area contributed by atoms with Crippen LogP contribution in [0.1, 0.15) is 16.9 Å². The highest BCUT2D eigenvalue weighted by Crippen LogP contribution is 2.22. The summed E-state index contributed by atoms with van der Waals surface area (Å²) in [6.07, 6.45) is 2.61. The summed E-state index contributed by atoms with van der Waals surface area (Å²) in [6, 6.07) is 8.58. The van der Waals surface area contributed by atoms with E-state index >= 15 is 0 Å². The van der Waals surface area contributed by atoms with Crippen molar-refractivity contribution >= 4 is 43.9 Å². The number of hydrogen-bond donors (Lipinski definition) is 0. The van der Waals surface area contributed by atoms with E-state index in [1.807, 2.05) is 13.0 Å². The van der Waals surface area contributed by atoms with Crippen molar-refractivity contribution in [2.24, 2.45) is 0 Å². The van der Waals surface area contributed by atoms with Crippen LogP contribution in [0.3, 0.4) is 0 Å². The van der Waals surface area contributed by atoms with Gasteiger partial charge >= 0.3 is 5.97 Å².